The number of anilines is 1. The number of para-hydroxylation sites is 1. The number of aromatic nitrogens is 1. The van der Waals surface area contributed by atoms with Crippen LogP contribution >= 0.6 is 11.3 Å². The fraction of sp³-hybridized carbons (Fsp3) is 0.250. The van der Waals surface area contributed by atoms with E-state index in [2.05, 4.69) is 17.2 Å². The number of carbonyl (C=O) groups is 1. The molecule has 0 aliphatic heterocycles. The van der Waals surface area contributed by atoms with E-state index in [1.165, 1.54) is 17.4 Å². The summed E-state index contributed by atoms with van der Waals surface area (Å²) in [5.41, 5.74) is 2.65. The molecule has 0 fully saturated rings. The van der Waals surface area contributed by atoms with Crippen LogP contribution in [0.4, 0.5) is 5.13 Å². The Morgan fingerprint density at radius 1 is 1.17 bits per heavy atom. The van der Waals surface area contributed by atoms with E-state index in [0.29, 0.717) is 11.7 Å². The number of thiazole rings is 1. The van der Waals surface area contributed by atoms with Gasteiger partial charge in [-0.05, 0) is 56.7 Å². The number of ether oxygens (including phenoxy) is 2. The molecule has 30 heavy (non-hydrogen) atoms. The van der Waals surface area contributed by atoms with Gasteiger partial charge in [0.25, 0.3) is 0 Å². The Labute approximate surface area is 181 Å². The van der Waals surface area contributed by atoms with Crippen molar-refractivity contribution in [1.82, 2.24) is 4.98 Å². The third kappa shape index (κ3) is 6.19. The average Bonchev–Trinajstić information content (AvgIpc) is 3.19. The molecule has 3 aromatic rings. The van der Waals surface area contributed by atoms with Crippen LogP contribution in [0.2, 0.25) is 0 Å². The quantitative estimate of drug-likeness (QED) is 0.427. The lowest BCUT2D eigenvalue weighted by Crippen LogP contribution is -2.07. The molecule has 0 atom stereocenters. The average molecular weight is 423 g/mol. The summed E-state index contributed by atoms with van der Waals surface area (Å²) >= 11 is 1.39. The minimum atomic E-state index is -0.234. The molecular weight excluding hydrogens is 396 g/mol. The van der Waals surface area contributed by atoms with Crippen molar-refractivity contribution in [2.24, 2.45) is 0 Å². The number of rotatable bonds is 9. The molecule has 1 aromatic heterocycles. The molecule has 0 spiro atoms. The van der Waals surface area contributed by atoms with Gasteiger partial charge < -0.3 is 9.47 Å². The largest absolute Gasteiger partial charge is 0.493 e. The molecule has 0 saturated carbocycles. The third-order valence-electron chi connectivity index (χ3n) is 4.05. The van der Waals surface area contributed by atoms with Crippen molar-refractivity contribution in [3.8, 4) is 22.8 Å². The van der Waals surface area contributed by atoms with Gasteiger partial charge in [0, 0.05) is 22.6 Å². The highest BCUT2D eigenvalue weighted by atomic mass is 32.1. The first-order valence-electron chi connectivity index (χ1n) is 9.98. The van der Waals surface area contributed by atoms with E-state index >= 15 is 0 Å². The molecule has 1 N–H and O–H groups in total. The maximum absolute atomic E-state index is 12.3. The second-order valence-electron chi connectivity index (χ2n) is 6.94. The molecule has 0 aliphatic carbocycles. The van der Waals surface area contributed by atoms with E-state index in [1.807, 2.05) is 67.8 Å². The zero-order chi connectivity index (χ0) is 21.3. The van der Waals surface area contributed by atoms with E-state index in [4.69, 9.17) is 9.47 Å². The fourth-order valence-electron chi connectivity index (χ4n) is 2.71. The Bertz CT molecular complexity index is 994. The molecule has 0 aliphatic rings. The monoisotopic (exact) mass is 422 g/mol. The summed E-state index contributed by atoms with van der Waals surface area (Å²) in [6, 6.07) is 15.4. The molecule has 1 amide bonds. The van der Waals surface area contributed by atoms with Gasteiger partial charge in [0.05, 0.1) is 18.4 Å². The topological polar surface area (TPSA) is 60.5 Å². The summed E-state index contributed by atoms with van der Waals surface area (Å²) in [6.07, 6.45) is 4.31. The number of nitrogens with zero attached hydrogens (tertiary/aromatic N) is 1. The first-order chi connectivity index (χ1) is 14.5. The summed E-state index contributed by atoms with van der Waals surface area (Å²) < 4.78 is 11.4. The SMILES string of the molecule is CCCOc1ccccc1C=CC(=O)Nc1nc(-c2ccc(OC(C)C)cc2)cs1. The molecule has 5 nitrogen and oxygen atoms in total. The van der Waals surface area contributed by atoms with E-state index in [9.17, 15) is 4.79 Å². The highest BCUT2D eigenvalue weighted by molar-refractivity contribution is 7.14. The molecule has 6 heteroatoms. The zero-order valence-electron chi connectivity index (χ0n) is 17.4. The molecule has 0 unspecified atom stereocenters. The maximum Gasteiger partial charge on any atom is 0.250 e. The molecule has 1 heterocycles. The minimum Gasteiger partial charge on any atom is -0.493 e. The van der Waals surface area contributed by atoms with Gasteiger partial charge in [-0.25, -0.2) is 4.98 Å². The standard InChI is InChI=1S/C24H26N2O3S/c1-4-15-28-22-8-6-5-7-19(22)11-14-23(27)26-24-25-21(16-30-24)18-9-12-20(13-10-18)29-17(2)3/h5-14,16-17H,4,15H2,1-3H3,(H,25,26,27). The summed E-state index contributed by atoms with van der Waals surface area (Å²) in [6.45, 7) is 6.69. The van der Waals surface area contributed by atoms with Crippen molar-refractivity contribution in [3.05, 3.63) is 65.6 Å². The molecule has 3 rings (SSSR count). The number of benzene rings is 2. The number of amides is 1. The first kappa shape index (κ1) is 21.6. The maximum atomic E-state index is 12.3. The summed E-state index contributed by atoms with van der Waals surface area (Å²) in [7, 11) is 0. The predicted octanol–water partition coefficient (Wildman–Crippen LogP) is 6.04. The van der Waals surface area contributed by atoms with Gasteiger partial charge >= 0.3 is 0 Å². The molecule has 156 valence electrons. The van der Waals surface area contributed by atoms with Crippen LogP contribution in [-0.4, -0.2) is 23.6 Å². The van der Waals surface area contributed by atoms with Gasteiger partial charge in [0.15, 0.2) is 5.13 Å². The number of carbonyl (C=O) groups excluding carboxylic acids is 1. The highest BCUT2D eigenvalue weighted by Gasteiger charge is 2.08. The van der Waals surface area contributed by atoms with E-state index in [-0.39, 0.29) is 12.0 Å². The second kappa shape index (κ2) is 10.6. The van der Waals surface area contributed by atoms with Gasteiger partial charge in [-0.15, -0.1) is 11.3 Å². The third-order valence-corrected chi connectivity index (χ3v) is 4.81. The van der Waals surface area contributed by atoms with Crippen molar-refractivity contribution >= 4 is 28.5 Å². The van der Waals surface area contributed by atoms with E-state index < -0.39 is 0 Å². The van der Waals surface area contributed by atoms with Crippen LogP contribution in [0.25, 0.3) is 17.3 Å². The molecule has 0 bridgehead atoms. The van der Waals surface area contributed by atoms with Crippen molar-refractivity contribution < 1.29 is 14.3 Å². The Morgan fingerprint density at radius 2 is 1.93 bits per heavy atom. The predicted molar refractivity (Wildman–Crippen MR) is 123 cm³/mol. The lowest BCUT2D eigenvalue weighted by atomic mass is 10.2. The first-order valence-corrected chi connectivity index (χ1v) is 10.9. The molecular formula is C24H26N2O3S. The van der Waals surface area contributed by atoms with Crippen LogP contribution in [0.3, 0.4) is 0 Å². The molecule has 0 saturated heterocycles. The molecule has 2 aromatic carbocycles. The molecule has 0 radical (unpaired) electrons. The van der Waals surface area contributed by atoms with Crippen molar-refractivity contribution in [1.29, 1.82) is 0 Å². The van der Waals surface area contributed by atoms with Crippen LogP contribution < -0.4 is 14.8 Å². The number of hydrogen-bond donors (Lipinski definition) is 1. The van der Waals surface area contributed by atoms with Crippen LogP contribution in [0.5, 0.6) is 11.5 Å². The van der Waals surface area contributed by atoms with Crippen LogP contribution in [0, 0.1) is 0 Å². The number of nitrogens with one attached hydrogen (secondary N) is 1. The Kier molecular flexibility index (Phi) is 7.63. The Balaban J connectivity index is 1.62. The van der Waals surface area contributed by atoms with Crippen molar-refractivity contribution in [2.45, 2.75) is 33.3 Å². The fourth-order valence-corrected chi connectivity index (χ4v) is 3.44. The second-order valence-corrected chi connectivity index (χ2v) is 7.80. The van der Waals surface area contributed by atoms with Crippen molar-refractivity contribution in [2.75, 3.05) is 11.9 Å². The smallest absolute Gasteiger partial charge is 0.250 e. The van der Waals surface area contributed by atoms with E-state index in [1.54, 1.807) is 6.08 Å². The van der Waals surface area contributed by atoms with E-state index in [0.717, 1.165) is 34.7 Å². The summed E-state index contributed by atoms with van der Waals surface area (Å²) in [4.78, 5) is 16.8. The lowest BCUT2D eigenvalue weighted by Gasteiger charge is -2.09. The normalized spacial score (nSPS) is 11.1. The van der Waals surface area contributed by atoms with Gasteiger partial charge in [-0.3, -0.25) is 10.1 Å². The van der Waals surface area contributed by atoms with Gasteiger partial charge in [-0.2, -0.15) is 0 Å². The van der Waals surface area contributed by atoms with Crippen LogP contribution in [0.1, 0.15) is 32.8 Å². The van der Waals surface area contributed by atoms with Crippen LogP contribution in [0.15, 0.2) is 60.0 Å². The summed E-state index contributed by atoms with van der Waals surface area (Å²) in [5.74, 6) is 1.36. The Hall–Kier alpha value is -3.12. The Morgan fingerprint density at radius 3 is 2.67 bits per heavy atom. The van der Waals surface area contributed by atoms with Gasteiger partial charge in [0.1, 0.15) is 11.5 Å². The summed E-state index contributed by atoms with van der Waals surface area (Å²) in [5, 5.41) is 5.29. The van der Waals surface area contributed by atoms with Gasteiger partial charge in [-0.1, -0.05) is 25.1 Å². The van der Waals surface area contributed by atoms with Gasteiger partial charge in [0.2, 0.25) is 5.91 Å². The highest BCUT2D eigenvalue weighted by Crippen LogP contribution is 2.27. The van der Waals surface area contributed by atoms with Crippen LogP contribution in [-0.2, 0) is 4.79 Å². The lowest BCUT2D eigenvalue weighted by molar-refractivity contribution is -0.111. The zero-order valence-corrected chi connectivity index (χ0v) is 18.2. The van der Waals surface area contributed by atoms with Crippen molar-refractivity contribution in [3.63, 3.8) is 0 Å². The minimum absolute atomic E-state index is 0.134. The number of hydrogen-bond acceptors (Lipinski definition) is 5.